The van der Waals surface area contributed by atoms with Crippen LogP contribution in [-0.2, 0) is 11.2 Å². The minimum atomic E-state index is -0.392. The van der Waals surface area contributed by atoms with Crippen LogP contribution >= 0.6 is 23.1 Å². The predicted octanol–water partition coefficient (Wildman–Crippen LogP) is 1.98. The third kappa shape index (κ3) is 1.58. The highest BCUT2D eigenvalue weighted by Gasteiger charge is 2.10. The third-order valence-electron chi connectivity index (χ3n) is 1.86. The van der Waals surface area contributed by atoms with Gasteiger partial charge in [0.2, 0.25) is 5.91 Å². The van der Waals surface area contributed by atoms with E-state index in [0.29, 0.717) is 10.7 Å². The van der Waals surface area contributed by atoms with E-state index in [1.165, 1.54) is 11.5 Å². The molecule has 0 aliphatic carbocycles. The van der Waals surface area contributed by atoms with E-state index in [0.717, 1.165) is 10.1 Å². The van der Waals surface area contributed by atoms with Crippen LogP contribution in [-0.4, -0.2) is 10.3 Å². The Hall–Kier alpha value is -1.13. The van der Waals surface area contributed by atoms with E-state index < -0.39 is 5.91 Å². The predicted molar refractivity (Wildman–Crippen MR) is 57.5 cm³/mol. The van der Waals surface area contributed by atoms with Crippen molar-refractivity contribution in [2.24, 2.45) is 5.73 Å². The van der Waals surface area contributed by atoms with Gasteiger partial charge in [-0.3, -0.25) is 4.79 Å². The van der Waals surface area contributed by atoms with E-state index in [2.05, 4.69) is 4.37 Å². The molecule has 0 aliphatic heterocycles. The lowest BCUT2D eigenvalue weighted by molar-refractivity contribution is -0.117. The monoisotopic (exact) mass is 226 g/mol. The van der Waals surface area contributed by atoms with E-state index in [4.69, 9.17) is 17.3 Å². The fourth-order valence-electron chi connectivity index (χ4n) is 1.30. The Morgan fingerprint density at radius 3 is 3.07 bits per heavy atom. The first-order chi connectivity index (χ1) is 6.68. The maximum atomic E-state index is 10.8. The fraction of sp³-hybridized carbons (Fsp3) is 0.111. The second kappa shape index (κ2) is 3.55. The van der Waals surface area contributed by atoms with E-state index in [1.54, 1.807) is 6.07 Å². The number of aromatic nitrogens is 1. The maximum absolute atomic E-state index is 10.8. The van der Waals surface area contributed by atoms with Crippen molar-refractivity contribution in [1.82, 2.24) is 4.37 Å². The lowest BCUT2D eigenvalue weighted by atomic mass is 10.2. The number of halogens is 1. The number of fused-ring (bicyclic) bond motifs is 1. The summed E-state index contributed by atoms with van der Waals surface area (Å²) >= 11 is 7.33. The number of carbonyl (C=O) groups is 1. The summed E-state index contributed by atoms with van der Waals surface area (Å²) in [5.41, 5.74) is 5.78. The molecule has 1 aromatic carbocycles. The zero-order valence-corrected chi connectivity index (χ0v) is 8.73. The summed E-state index contributed by atoms with van der Waals surface area (Å²) in [5.74, 6) is -0.392. The van der Waals surface area contributed by atoms with Gasteiger partial charge in [0, 0.05) is 5.39 Å². The second-order valence-corrected chi connectivity index (χ2v) is 4.10. The lowest BCUT2D eigenvalue weighted by Crippen LogP contribution is -2.13. The quantitative estimate of drug-likeness (QED) is 0.851. The number of amides is 1. The molecule has 0 atom stereocenters. The van der Waals surface area contributed by atoms with Gasteiger partial charge in [0.15, 0.2) is 0 Å². The van der Waals surface area contributed by atoms with Gasteiger partial charge in [0.25, 0.3) is 0 Å². The molecule has 0 aliphatic rings. The molecule has 3 nitrogen and oxygen atoms in total. The van der Waals surface area contributed by atoms with Crippen molar-refractivity contribution in [2.45, 2.75) is 6.42 Å². The van der Waals surface area contributed by atoms with Crippen molar-refractivity contribution in [3.63, 3.8) is 0 Å². The summed E-state index contributed by atoms with van der Waals surface area (Å²) in [4.78, 5) is 10.8. The first-order valence-corrected chi connectivity index (χ1v) is 5.14. The van der Waals surface area contributed by atoms with Crippen LogP contribution in [0.2, 0.25) is 5.02 Å². The highest BCUT2D eigenvalue weighted by molar-refractivity contribution is 7.13. The Balaban J connectivity index is 2.61. The number of nitrogens with zero attached hydrogens (tertiary/aromatic N) is 1. The summed E-state index contributed by atoms with van der Waals surface area (Å²) in [6, 6.07) is 5.56. The molecule has 2 aromatic rings. The number of carbonyl (C=O) groups excluding carboxylic acids is 1. The van der Waals surface area contributed by atoms with Gasteiger partial charge in [-0.15, -0.1) is 0 Å². The van der Waals surface area contributed by atoms with Crippen LogP contribution in [0.25, 0.3) is 10.1 Å². The van der Waals surface area contributed by atoms with Gasteiger partial charge in [0.05, 0.1) is 21.8 Å². The average molecular weight is 227 g/mol. The molecule has 0 radical (unpaired) electrons. The van der Waals surface area contributed by atoms with Crippen molar-refractivity contribution in [3.05, 3.63) is 28.9 Å². The first-order valence-electron chi connectivity index (χ1n) is 3.99. The highest BCUT2D eigenvalue weighted by Crippen LogP contribution is 2.29. The van der Waals surface area contributed by atoms with Crippen LogP contribution in [0.5, 0.6) is 0 Å². The molecule has 0 saturated heterocycles. The summed E-state index contributed by atoms with van der Waals surface area (Å²) in [6.07, 6.45) is 0.143. The molecule has 1 aromatic heterocycles. The average Bonchev–Trinajstić information content (AvgIpc) is 2.49. The molecule has 0 spiro atoms. The summed E-state index contributed by atoms with van der Waals surface area (Å²) < 4.78 is 5.13. The van der Waals surface area contributed by atoms with Crippen LogP contribution in [0.1, 0.15) is 5.69 Å². The molecule has 0 bridgehead atoms. The normalized spacial score (nSPS) is 10.6. The number of rotatable bonds is 2. The Bertz CT molecular complexity index is 495. The summed E-state index contributed by atoms with van der Waals surface area (Å²) in [7, 11) is 0. The van der Waals surface area contributed by atoms with Crippen molar-refractivity contribution in [2.75, 3.05) is 0 Å². The topological polar surface area (TPSA) is 56.0 Å². The number of nitrogens with two attached hydrogens (primary N) is 1. The van der Waals surface area contributed by atoms with Crippen LogP contribution < -0.4 is 5.73 Å². The van der Waals surface area contributed by atoms with Crippen LogP contribution in [0.15, 0.2) is 18.2 Å². The SMILES string of the molecule is NC(=O)Cc1nsc2cccc(Cl)c12. The fourth-order valence-corrected chi connectivity index (χ4v) is 2.46. The van der Waals surface area contributed by atoms with Gasteiger partial charge in [0.1, 0.15) is 0 Å². The van der Waals surface area contributed by atoms with Gasteiger partial charge in [-0.25, -0.2) is 0 Å². The molecule has 0 saturated carbocycles. The lowest BCUT2D eigenvalue weighted by Gasteiger charge is -1.95. The summed E-state index contributed by atoms with van der Waals surface area (Å²) in [6.45, 7) is 0. The van der Waals surface area contributed by atoms with Crippen LogP contribution in [0.3, 0.4) is 0 Å². The number of hydrogen-bond donors (Lipinski definition) is 1. The Morgan fingerprint density at radius 1 is 1.57 bits per heavy atom. The van der Waals surface area contributed by atoms with Crippen molar-refractivity contribution in [1.29, 1.82) is 0 Å². The maximum Gasteiger partial charge on any atom is 0.223 e. The number of benzene rings is 1. The standard InChI is InChI=1S/C9H7ClN2OS/c10-5-2-1-3-7-9(5)6(12-14-7)4-8(11)13/h1-3H,4H2,(H2,11,13). The molecule has 2 rings (SSSR count). The van der Waals surface area contributed by atoms with Gasteiger partial charge >= 0.3 is 0 Å². The second-order valence-electron chi connectivity index (χ2n) is 2.89. The van der Waals surface area contributed by atoms with Gasteiger partial charge in [-0.1, -0.05) is 17.7 Å². The number of primary amides is 1. The first kappa shape index (κ1) is 9.43. The van der Waals surface area contributed by atoms with Crippen molar-refractivity contribution in [3.8, 4) is 0 Å². The van der Waals surface area contributed by atoms with Gasteiger partial charge < -0.3 is 5.73 Å². The smallest absolute Gasteiger partial charge is 0.223 e. The Morgan fingerprint density at radius 2 is 2.36 bits per heavy atom. The van der Waals surface area contributed by atoms with E-state index in [-0.39, 0.29) is 6.42 Å². The van der Waals surface area contributed by atoms with E-state index in [1.807, 2.05) is 12.1 Å². The molecule has 2 N–H and O–H groups in total. The van der Waals surface area contributed by atoms with Gasteiger partial charge in [-0.2, -0.15) is 4.37 Å². The largest absolute Gasteiger partial charge is 0.369 e. The molecule has 0 unspecified atom stereocenters. The van der Waals surface area contributed by atoms with Crippen LogP contribution in [0.4, 0.5) is 0 Å². The van der Waals surface area contributed by atoms with Crippen molar-refractivity contribution < 1.29 is 4.79 Å². The van der Waals surface area contributed by atoms with E-state index >= 15 is 0 Å². The molecule has 1 amide bonds. The molecule has 1 heterocycles. The summed E-state index contributed by atoms with van der Waals surface area (Å²) in [5, 5.41) is 1.46. The van der Waals surface area contributed by atoms with E-state index in [9.17, 15) is 4.79 Å². The molecule has 0 fully saturated rings. The van der Waals surface area contributed by atoms with Crippen LogP contribution in [0, 0.1) is 0 Å². The molecular weight excluding hydrogens is 220 g/mol. The molecule has 72 valence electrons. The Kier molecular flexibility index (Phi) is 2.39. The number of hydrogen-bond acceptors (Lipinski definition) is 3. The highest BCUT2D eigenvalue weighted by atomic mass is 35.5. The molecule has 5 heteroatoms. The third-order valence-corrected chi connectivity index (χ3v) is 3.02. The minimum Gasteiger partial charge on any atom is -0.369 e. The minimum absolute atomic E-state index is 0.143. The molecule has 14 heavy (non-hydrogen) atoms. The molecular formula is C9H7ClN2OS. The zero-order chi connectivity index (χ0) is 10.1. The zero-order valence-electron chi connectivity index (χ0n) is 7.16. The van der Waals surface area contributed by atoms with Crippen molar-refractivity contribution >= 4 is 39.1 Å². The van der Waals surface area contributed by atoms with Gasteiger partial charge in [-0.05, 0) is 23.7 Å². The Labute approximate surface area is 89.6 Å².